The zero-order valence-corrected chi connectivity index (χ0v) is 21.9. The summed E-state index contributed by atoms with van der Waals surface area (Å²) in [6.07, 6.45) is 2.23. The van der Waals surface area contributed by atoms with Crippen molar-refractivity contribution in [3.8, 4) is 6.07 Å². The van der Waals surface area contributed by atoms with Gasteiger partial charge in [0, 0.05) is 19.0 Å². The molecule has 4 rings (SSSR count). The highest BCUT2D eigenvalue weighted by Crippen LogP contribution is 2.65. The molecule has 0 aromatic rings. The molecule has 4 aliphatic rings. The maximum atomic E-state index is 13.8. The van der Waals surface area contributed by atoms with E-state index in [9.17, 15) is 24.4 Å². The first-order chi connectivity index (χ1) is 16.8. The van der Waals surface area contributed by atoms with E-state index >= 15 is 0 Å². The molecule has 4 amide bonds. The van der Waals surface area contributed by atoms with Crippen LogP contribution in [-0.2, 0) is 19.1 Å². The summed E-state index contributed by atoms with van der Waals surface area (Å²) in [6, 6.07) is -0.190. The van der Waals surface area contributed by atoms with Gasteiger partial charge in [0.05, 0.1) is 6.07 Å². The van der Waals surface area contributed by atoms with E-state index in [-0.39, 0.29) is 53.2 Å². The Hall–Kier alpha value is -2.83. The topological polar surface area (TPSA) is 141 Å². The quantitative estimate of drug-likeness (QED) is 0.499. The van der Waals surface area contributed by atoms with Crippen molar-refractivity contribution in [2.24, 2.45) is 29.1 Å². The first kappa shape index (κ1) is 26.2. The summed E-state index contributed by atoms with van der Waals surface area (Å²) in [5, 5.41) is 18.3. The van der Waals surface area contributed by atoms with Crippen LogP contribution in [0.25, 0.3) is 0 Å². The van der Waals surface area contributed by atoms with Crippen LogP contribution in [0, 0.1) is 40.4 Å². The average Bonchev–Trinajstić information content (AvgIpc) is 3.11. The molecule has 1 aliphatic carbocycles. The number of nitrogens with zero attached hydrogens (tertiary/aromatic N) is 2. The van der Waals surface area contributed by atoms with Crippen LogP contribution in [0.5, 0.6) is 0 Å². The second-order valence-electron chi connectivity index (χ2n) is 12.4. The Morgan fingerprint density at radius 2 is 1.86 bits per heavy atom. The molecule has 36 heavy (non-hydrogen) atoms. The minimum Gasteiger partial charge on any atom is -0.444 e. The summed E-state index contributed by atoms with van der Waals surface area (Å²) in [5.74, 6) is -0.830. The number of hydrogen-bond acceptors (Lipinski definition) is 6. The Bertz CT molecular complexity index is 967. The monoisotopic (exact) mass is 501 g/mol. The molecule has 4 fully saturated rings. The zero-order valence-electron chi connectivity index (χ0n) is 21.9. The van der Waals surface area contributed by atoms with Gasteiger partial charge in [-0.3, -0.25) is 14.4 Å². The summed E-state index contributed by atoms with van der Waals surface area (Å²) in [4.78, 5) is 54.0. The van der Waals surface area contributed by atoms with Crippen molar-refractivity contribution in [3.63, 3.8) is 0 Å². The number of amides is 4. The van der Waals surface area contributed by atoms with Crippen LogP contribution in [0.4, 0.5) is 4.79 Å². The number of alkyl carbamates (subject to hydrolysis) is 1. The molecule has 0 spiro atoms. The highest BCUT2D eigenvalue weighted by atomic mass is 16.6. The Kier molecular flexibility index (Phi) is 6.97. The number of nitrogens with one attached hydrogen (secondary N) is 3. The van der Waals surface area contributed by atoms with Crippen LogP contribution < -0.4 is 16.0 Å². The summed E-state index contributed by atoms with van der Waals surface area (Å²) in [5.41, 5.74) is -0.795. The highest BCUT2D eigenvalue weighted by Gasteiger charge is 2.69. The van der Waals surface area contributed by atoms with Gasteiger partial charge in [0.1, 0.15) is 23.7 Å². The fourth-order valence-corrected chi connectivity index (χ4v) is 6.45. The molecule has 3 heterocycles. The minimum absolute atomic E-state index is 0.0154. The molecule has 3 aliphatic heterocycles. The number of hydrogen-bond donors (Lipinski definition) is 3. The van der Waals surface area contributed by atoms with Crippen LogP contribution in [0.1, 0.15) is 66.7 Å². The van der Waals surface area contributed by atoms with E-state index in [2.05, 4.69) is 35.9 Å². The van der Waals surface area contributed by atoms with Crippen LogP contribution >= 0.6 is 0 Å². The Morgan fingerprint density at radius 3 is 2.53 bits per heavy atom. The predicted molar refractivity (Wildman–Crippen MR) is 130 cm³/mol. The molecule has 1 saturated carbocycles. The number of nitriles is 1. The number of ether oxygens (including phenoxy) is 1. The second kappa shape index (κ2) is 9.56. The molecule has 0 aromatic carbocycles. The van der Waals surface area contributed by atoms with Gasteiger partial charge in [0.25, 0.3) is 0 Å². The minimum atomic E-state index is -0.815. The fraction of sp³-hybridized carbons (Fsp3) is 0.808. The molecule has 3 N–H and O–H groups in total. The third kappa shape index (κ3) is 5.16. The van der Waals surface area contributed by atoms with Crippen molar-refractivity contribution in [2.45, 2.75) is 90.4 Å². The van der Waals surface area contributed by atoms with Crippen molar-refractivity contribution < 1.29 is 23.9 Å². The summed E-state index contributed by atoms with van der Waals surface area (Å²) in [6.45, 7) is 10.4. The summed E-state index contributed by atoms with van der Waals surface area (Å²) >= 11 is 0. The van der Waals surface area contributed by atoms with Gasteiger partial charge < -0.3 is 25.6 Å². The third-order valence-electron chi connectivity index (χ3n) is 8.47. The third-order valence-corrected chi connectivity index (χ3v) is 8.47. The molecule has 198 valence electrons. The first-order valence-corrected chi connectivity index (χ1v) is 13.1. The lowest BCUT2D eigenvalue weighted by atomic mass is 9.85. The van der Waals surface area contributed by atoms with Gasteiger partial charge >= 0.3 is 6.09 Å². The van der Waals surface area contributed by atoms with E-state index in [1.54, 1.807) is 25.7 Å². The lowest BCUT2D eigenvalue weighted by molar-refractivity contribution is -0.142. The van der Waals surface area contributed by atoms with E-state index in [1.165, 1.54) is 0 Å². The molecule has 0 radical (unpaired) electrons. The predicted octanol–water partition coefficient (Wildman–Crippen LogP) is 1.70. The number of fused-ring (bicyclic) bond motifs is 4. The maximum absolute atomic E-state index is 13.8. The fourth-order valence-electron chi connectivity index (χ4n) is 6.45. The SMILES string of the molecule is CC(C)(C)OC(=O)N[C@@H]1CCCC[C@H]2CNC(=O)[C@H]2C[C@@H](C#N)NC(=O)[C@@H]2[C@@H]3[C@H](CN2C1=O)C3(C)C. The van der Waals surface area contributed by atoms with Crippen molar-refractivity contribution in [1.29, 1.82) is 5.26 Å². The Labute approximate surface area is 212 Å². The maximum Gasteiger partial charge on any atom is 0.408 e. The van der Waals surface area contributed by atoms with Crippen LogP contribution in [0.15, 0.2) is 0 Å². The van der Waals surface area contributed by atoms with E-state index in [0.717, 1.165) is 12.8 Å². The van der Waals surface area contributed by atoms with Crippen molar-refractivity contribution in [2.75, 3.05) is 13.1 Å². The average molecular weight is 502 g/mol. The smallest absolute Gasteiger partial charge is 0.408 e. The van der Waals surface area contributed by atoms with Gasteiger partial charge in [-0.25, -0.2) is 4.79 Å². The normalized spacial score (nSPS) is 36.3. The molecule has 0 unspecified atom stereocenters. The standard InChI is InChI=1S/C26H39N5O5/c1-25(2,3)36-24(35)30-18-9-7-6-8-14-12-28-21(32)16(14)10-15(11-27)29-22(33)20-19-17(26(19,4)5)13-31(20)23(18)34/h14-20H,6-10,12-13H2,1-5H3,(H,28,32)(H,29,33)(H,30,35)/t14-,15-,16-,17-,18+,19-,20-/m0/s1. The van der Waals surface area contributed by atoms with Crippen LogP contribution in [-0.4, -0.2) is 65.5 Å². The van der Waals surface area contributed by atoms with Gasteiger partial charge in [-0.2, -0.15) is 5.26 Å². The molecule has 10 heteroatoms. The number of carbonyl (C=O) groups is 4. The van der Waals surface area contributed by atoms with E-state index < -0.39 is 29.8 Å². The molecule has 0 bridgehead atoms. The second-order valence-corrected chi connectivity index (χ2v) is 12.4. The van der Waals surface area contributed by atoms with Crippen molar-refractivity contribution >= 4 is 23.8 Å². The van der Waals surface area contributed by atoms with Crippen LogP contribution in [0.2, 0.25) is 0 Å². The number of carbonyl (C=O) groups excluding carboxylic acids is 4. The number of rotatable bonds is 1. The molecular formula is C26H39N5O5. The highest BCUT2D eigenvalue weighted by molar-refractivity contribution is 5.93. The molecule has 10 nitrogen and oxygen atoms in total. The van der Waals surface area contributed by atoms with E-state index in [0.29, 0.717) is 25.9 Å². The number of piperidine rings is 1. The zero-order chi connectivity index (χ0) is 26.4. The molecule has 7 atom stereocenters. The molecular weight excluding hydrogens is 462 g/mol. The van der Waals surface area contributed by atoms with Crippen LogP contribution in [0.3, 0.4) is 0 Å². The van der Waals surface area contributed by atoms with E-state index in [4.69, 9.17) is 4.74 Å². The van der Waals surface area contributed by atoms with Gasteiger partial charge in [0.15, 0.2) is 0 Å². The Balaban J connectivity index is 1.60. The largest absolute Gasteiger partial charge is 0.444 e. The van der Waals surface area contributed by atoms with Crippen molar-refractivity contribution in [1.82, 2.24) is 20.9 Å². The van der Waals surface area contributed by atoms with E-state index in [1.807, 2.05) is 0 Å². The lowest BCUT2D eigenvalue weighted by Crippen LogP contribution is -2.57. The molecule has 0 aromatic heterocycles. The summed E-state index contributed by atoms with van der Waals surface area (Å²) in [7, 11) is 0. The Morgan fingerprint density at radius 1 is 1.17 bits per heavy atom. The van der Waals surface area contributed by atoms with Gasteiger partial charge in [-0.15, -0.1) is 0 Å². The molecule has 3 saturated heterocycles. The van der Waals surface area contributed by atoms with Gasteiger partial charge in [0.2, 0.25) is 17.7 Å². The summed E-state index contributed by atoms with van der Waals surface area (Å²) < 4.78 is 5.41. The lowest BCUT2D eigenvalue weighted by Gasteiger charge is -2.34. The van der Waals surface area contributed by atoms with Gasteiger partial charge in [-0.1, -0.05) is 26.7 Å². The van der Waals surface area contributed by atoms with Crippen molar-refractivity contribution in [3.05, 3.63) is 0 Å². The first-order valence-electron chi connectivity index (χ1n) is 13.1. The van der Waals surface area contributed by atoms with Gasteiger partial charge in [-0.05, 0) is 63.2 Å².